The maximum Gasteiger partial charge on any atom is 0.123 e. The molecule has 1 aromatic carbocycles. The van der Waals surface area contributed by atoms with Crippen LogP contribution in [0.4, 0.5) is 5.69 Å². The zero-order valence-corrected chi connectivity index (χ0v) is 13.6. The predicted molar refractivity (Wildman–Crippen MR) is 93.0 cm³/mol. The van der Waals surface area contributed by atoms with Crippen molar-refractivity contribution in [3.63, 3.8) is 0 Å². The Morgan fingerprint density at radius 1 is 1.23 bits per heavy atom. The van der Waals surface area contributed by atoms with Gasteiger partial charge in [-0.1, -0.05) is 35.9 Å². The summed E-state index contributed by atoms with van der Waals surface area (Å²) >= 11 is 1.59. The van der Waals surface area contributed by atoms with E-state index in [1.807, 2.05) is 6.07 Å². The molecule has 1 heterocycles. The smallest absolute Gasteiger partial charge is 0.123 e. The molecule has 22 heavy (non-hydrogen) atoms. The molecule has 0 spiro atoms. The fourth-order valence-corrected chi connectivity index (χ4v) is 3.77. The number of nitroso groups, excluding NO2 is 1. The van der Waals surface area contributed by atoms with Gasteiger partial charge in [0.15, 0.2) is 0 Å². The number of hydrogen-bond acceptors (Lipinski definition) is 5. The number of nitrogens with one attached hydrogen (secondary N) is 2. The molecule has 0 amide bonds. The highest BCUT2D eigenvalue weighted by Gasteiger charge is 2.54. The molecule has 118 valence electrons. The van der Waals surface area contributed by atoms with Crippen LogP contribution < -0.4 is 10.0 Å². The summed E-state index contributed by atoms with van der Waals surface area (Å²) in [5.41, 5.74) is 0.736. The fourth-order valence-electron chi connectivity index (χ4n) is 2.90. The van der Waals surface area contributed by atoms with Crippen molar-refractivity contribution >= 4 is 17.6 Å². The van der Waals surface area contributed by atoms with Gasteiger partial charge in [0.1, 0.15) is 5.54 Å². The Morgan fingerprint density at radius 3 is 3.05 bits per heavy atom. The molecule has 1 saturated carbocycles. The topological polar surface area (TPSA) is 53.5 Å². The van der Waals surface area contributed by atoms with Gasteiger partial charge in [-0.15, -0.1) is 0 Å². The molecule has 0 radical (unpaired) electrons. The third-order valence-corrected chi connectivity index (χ3v) is 5.33. The maximum atomic E-state index is 11.2. The van der Waals surface area contributed by atoms with E-state index >= 15 is 0 Å². The van der Waals surface area contributed by atoms with Gasteiger partial charge in [0.05, 0.1) is 0 Å². The van der Waals surface area contributed by atoms with Crippen molar-refractivity contribution in [2.75, 3.05) is 18.4 Å². The van der Waals surface area contributed by atoms with Crippen molar-refractivity contribution in [3.8, 4) is 0 Å². The second-order valence-electron chi connectivity index (χ2n) is 6.13. The number of rotatable bonds is 1. The molecule has 2 aliphatic rings. The van der Waals surface area contributed by atoms with Crippen LogP contribution in [0.15, 0.2) is 46.5 Å². The van der Waals surface area contributed by atoms with Crippen LogP contribution >= 0.6 is 11.9 Å². The molecule has 2 unspecified atom stereocenters. The summed E-state index contributed by atoms with van der Waals surface area (Å²) < 4.78 is 3.34. The largest absolute Gasteiger partial charge is 0.384 e. The van der Waals surface area contributed by atoms with Crippen molar-refractivity contribution in [3.05, 3.63) is 41.3 Å². The van der Waals surface area contributed by atoms with E-state index < -0.39 is 5.54 Å². The average molecular weight is 317 g/mol. The summed E-state index contributed by atoms with van der Waals surface area (Å²) in [4.78, 5) is 12.4. The lowest BCUT2D eigenvalue weighted by atomic mass is 10.1. The first-order chi connectivity index (χ1) is 10.8. The Bertz CT molecular complexity index is 548. The minimum absolute atomic E-state index is 0.316. The van der Waals surface area contributed by atoms with Crippen LogP contribution in [0.3, 0.4) is 0 Å². The van der Waals surface area contributed by atoms with Crippen LogP contribution in [0.5, 0.6) is 0 Å². The first kappa shape index (κ1) is 15.6. The van der Waals surface area contributed by atoms with Crippen molar-refractivity contribution in [2.45, 2.75) is 42.5 Å². The Kier molecular flexibility index (Phi) is 5.16. The molecular weight excluding hydrogens is 294 g/mol. The van der Waals surface area contributed by atoms with Crippen LogP contribution in [0, 0.1) is 10.8 Å². The second-order valence-corrected chi connectivity index (χ2v) is 7.06. The molecule has 0 bridgehead atoms. The van der Waals surface area contributed by atoms with E-state index in [0.717, 1.165) is 25.1 Å². The molecule has 5 heteroatoms. The van der Waals surface area contributed by atoms with Crippen molar-refractivity contribution in [1.82, 2.24) is 4.72 Å². The van der Waals surface area contributed by atoms with Crippen LogP contribution in [0.1, 0.15) is 32.1 Å². The molecule has 2 N–H and O–H groups in total. The summed E-state index contributed by atoms with van der Waals surface area (Å²) in [6.45, 7) is 1.63. The molecule has 2 atom stereocenters. The summed E-state index contributed by atoms with van der Waals surface area (Å²) in [5.74, 6) is 0.316. The summed E-state index contributed by atoms with van der Waals surface area (Å²) in [6.07, 6.45) is 10.0. The van der Waals surface area contributed by atoms with Gasteiger partial charge in [0.25, 0.3) is 0 Å². The Balaban J connectivity index is 1.69. The van der Waals surface area contributed by atoms with Gasteiger partial charge in [0, 0.05) is 29.6 Å². The second kappa shape index (κ2) is 7.29. The summed E-state index contributed by atoms with van der Waals surface area (Å²) in [7, 11) is 0. The van der Waals surface area contributed by atoms with Crippen LogP contribution in [0.25, 0.3) is 0 Å². The first-order valence-electron chi connectivity index (χ1n) is 8.08. The van der Waals surface area contributed by atoms with Crippen molar-refractivity contribution in [2.24, 2.45) is 11.1 Å². The number of fused-ring (bicyclic) bond motifs is 2. The van der Waals surface area contributed by atoms with Crippen LogP contribution in [-0.4, -0.2) is 18.6 Å². The van der Waals surface area contributed by atoms with Gasteiger partial charge in [-0.05, 0) is 49.8 Å². The molecule has 4 nitrogen and oxygen atoms in total. The Hall–Kier alpha value is -1.33. The molecule has 1 aliphatic heterocycles. The van der Waals surface area contributed by atoms with Crippen molar-refractivity contribution in [1.29, 1.82) is 0 Å². The highest BCUT2D eigenvalue weighted by Crippen LogP contribution is 2.48. The molecule has 0 saturated heterocycles. The van der Waals surface area contributed by atoms with E-state index in [9.17, 15) is 4.91 Å². The van der Waals surface area contributed by atoms with Gasteiger partial charge in [-0.25, -0.2) is 0 Å². The third-order valence-electron chi connectivity index (χ3n) is 4.46. The van der Waals surface area contributed by atoms with Gasteiger partial charge in [-0.2, -0.15) is 4.91 Å². The monoisotopic (exact) mass is 317 g/mol. The van der Waals surface area contributed by atoms with E-state index in [2.05, 4.69) is 45.6 Å². The van der Waals surface area contributed by atoms with E-state index in [4.69, 9.17) is 0 Å². The number of benzene rings is 1. The standard InChI is InChI=1S/C17H23N3OS/c21-20-17-12-14(17)8-4-2-1-3-7-11-18-15-9-5-6-10-16(15)22-19-13-17/h4-6,8-10,14,18-19H,1-3,7,11-13H2/b8-4-. The van der Waals surface area contributed by atoms with E-state index in [0.29, 0.717) is 12.5 Å². The van der Waals surface area contributed by atoms with Crippen molar-refractivity contribution < 1.29 is 0 Å². The van der Waals surface area contributed by atoms with Gasteiger partial charge in [0.2, 0.25) is 0 Å². The lowest BCUT2D eigenvalue weighted by molar-refractivity contribution is 0.627. The Labute approximate surface area is 136 Å². The van der Waals surface area contributed by atoms with Gasteiger partial charge < -0.3 is 5.32 Å². The zero-order valence-electron chi connectivity index (χ0n) is 12.8. The van der Waals surface area contributed by atoms with Crippen LogP contribution in [-0.2, 0) is 0 Å². The maximum absolute atomic E-state index is 11.2. The summed E-state index contributed by atoms with van der Waals surface area (Å²) in [6, 6.07) is 8.30. The molecular formula is C17H23N3OS. The summed E-state index contributed by atoms with van der Waals surface area (Å²) in [5, 5.41) is 6.92. The highest BCUT2D eigenvalue weighted by molar-refractivity contribution is 7.97. The van der Waals surface area contributed by atoms with Crippen LogP contribution in [0.2, 0.25) is 0 Å². The number of anilines is 1. The van der Waals surface area contributed by atoms with E-state index in [-0.39, 0.29) is 0 Å². The zero-order chi connectivity index (χ0) is 15.3. The minimum Gasteiger partial charge on any atom is -0.384 e. The quantitative estimate of drug-likeness (QED) is 0.459. The molecule has 0 aromatic heterocycles. The Morgan fingerprint density at radius 2 is 2.14 bits per heavy atom. The SMILES string of the molecule is O=NC12CNSc3ccccc3NCCCCC/C=C\C1C2. The number of allylic oxidation sites excluding steroid dienone is 1. The number of para-hydroxylation sites is 1. The van der Waals surface area contributed by atoms with E-state index in [1.165, 1.54) is 24.2 Å². The normalized spacial score (nSPS) is 30.6. The lowest BCUT2D eigenvalue weighted by Crippen LogP contribution is -2.23. The average Bonchev–Trinajstić information content (AvgIpc) is 3.24. The number of nitrogens with zero attached hydrogens (tertiary/aromatic N) is 1. The van der Waals surface area contributed by atoms with Gasteiger partial charge >= 0.3 is 0 Å². The minimum atomic E-state index is -0.425. The number of hydrogen-bond donors (Lipinski definition) is 2. The molecule has 1 aliphatic carbocycles. The molecule has 1 aromatic rings. The third kappa shape index (κ3) is 3.70. The molecule has 3 rings (SSSR count). The van der Waals surface area contributed by atoms with Gasteiger partial charge in [-0.3, -0.25) is 4.72 Å². The fraction of sp³-hybridized carbons (Fsp3) is 0.529. The first-order valence-corrected chi connectivity index (χ1v) is 8.89. The highest BCUT2D eigenvalue weighted by atomic mass is 32.2. The molecule has 1 fully saturated rings. The lowest BCUT2D eigenvalue weighted by Gasteiger charge is -2.13. The van der Waals surface area contributed by atoms with E-state index in [1.54, 1.807) is 11.9 Å². The predicted octanol–water partition coefficient (Wildman–Crippen LogP) is 4.35.